The molecule has 1 aromatic heterocycles. The predicted molar refractivity (Wildman–Crippen MR) is 101 cm³/mol. The second-order valence-corrected chi connectivity index (χ2v) is 6.35. The fourth-order valence-electron chi connectivity index (χ4n) is 2.23. The van der Waals surface area contributed by atoms with Crippen molar-refractivity contribution in [1.82, 2.24) is 4.98 Å². The van der Waals surface area contributed by atoms with Crippen LogP contribution in [0.2, 0.25) is 5.02 Å². The molecule has 122 valence electrons. The van der Waals surface area contributed by atoms with Crippen LogP contribution in [0.5, 0.6) is 11.5 Å². The fourth-order valence-corrected chi connectivity index (χ4v) is 3.08. The van der Waals surface area contributed by atoms with Crippen molar-refractivity contribution < 1.29 is 9.47 Å². The van der Waals surface area contributed by atoms with Gasteiger partial charge in [-0.15, -0.1) is 11.3 Å². The molecule has 3 rings (SSSR count). The maximum absolute atomic E-state index is 5.89. The highest BCUT2D eigenvalue weighted by Gasteiger charge is 2.08. The van der Waals surface area contributed by atoms with Crippen molar-refractivity contribution in [1.29, 1.82) is 0 Å². The normalized spacial score (nSPS) is 11.0. The fraction of sp³-hybridized carbons (Fsp3) is 0.105. The van der Waals surface area contributed by atoms with E-state index in [1.807, 2.05) is 60.0 Å². The highest BCUT2D eigenvalue weighted by Crippen LogP contribution is 2.32. The molecular formula is C19H16ClNO2S. The third-order valence-corrected chi connectivity index (χ3v) is 4.55. The number of halogens is 1. The second-order valence-electron chi connectivity index (χ2n) is 5.03. The predicted octanol–water partition coefficient (Wildman–Crippen LogP) is 5.65. The minimum absolute atomic E-state index is 0.696. The van der Waals surface area contributed by atoms with Crippen LogP contribution in [0.15, 0.2) is 47.8 Å². The van der Waals surface area contributed by atoms with E-state index in [9.17, 15) is 0 Å². The van der Waals surface area contributed by atoms with E-state index in [2.05, 4.69) is 4.98 Å². The first kappa shape index (κ1) is 16.6. The van der Waals surface area contributed by atoms with E-state index >= 15 is 0 Å². The molecule has 0 unspecified atom stereocenters. The molecule has 0 aliphatic heterocycles. The molecule has 5 heteroatoms. The van der Waals surface area contributed by atoms with Gasteiger partial charge in [0.2, 0.25) is 0 Å². The number of benzene rings is 2. The summed E-state index contributed by atoms with van der Waals surface area (Å²) in [5.41, 5.74) is 2.99. The molecule has 0 amide bonds. The second kappa shape index (κ2) is 7.51. The number of aromatic nitrogens is 1. The minimum Gasteiger partial charge on any atom is -0.493 e. The number of methoxy groups -OCH3 is 2. The maximum atomic E-state index is 5.89. The summed E-state index contributed by atoms with van der Waals surface area (Å²) in [6, 6.07) is 13.5. The van der Waals surface area contributed by atoms with Crippen LogP contribution in [0, 0.1) is 0 Å². The molecule has 0 spiro atoms. The zero-order chi connectivity index (χ0) is 16.9. The number of hydrogen-bond acceptors (Lipinski definition) is 4. The Morgan fingerprint density at radius 2 is 1.71 bits per heavy atom. The molecule has 0 saturated heterocycles. The van der Waals surface area contributed by atoms with Crippen LogP contribution in [0.4, 0.5) is 0 Å². The maximum Gasteiger partial charge on any atom is 0.161 e. The lowest BCUT2D eigenvalue weighted by molar-refractivity contribution is 0.355. The first-order chi connectivity index (χ1) is 11.7. The third kappa shape index (κ3) is 3.78. The van der Waals surface area contributed by atoms with Crippen LogP contribution in [-0.2, 0) is 0 Å². The molecule has 0 aliphatic carbocycles. The van der Waals surface area contributed by atoms with Crippen molar-refractivity contribution in [2.45, 2.75) is 0 Å². The van der Waals surface area contributed by atoms with Gasteiger partial charge in [0.15, 0.2) is 11.5 Å². The smallest absolute Gasteiger partial charge is 0.161 e. The van der Waals surface area contributed by atoms with Crippen LogP contribution in [0.1, 0.15) is 10.6 Å². The zero-order valence-electron chi connectivity index (χ0n) is 13.3. The van der Waals surface area contributed by atoms with E-state index in [0.717, 1.165) is 26.9 Å². The van der Waals surface area contributed by atoms with Gasteiger partial charge in [0, 0.05) is 16.0 Å². The van der Waals surface area contributed by atoms with E-state index in [1.54, 1.807) is 25.6 Å². The van der Waals surface area contributed by atoms with Gasteiger partial charge in [0.25, 0.3) is 0 Å². The Labute approximate surface area is 150 Å². The number of nitrogens with zero attached hydrogens (tertiary/aromatic N) is 1. The lowest BCUT2D eigenvalue weighted by atomic mass is 10.1. The van der Waals surface area contributed by atoms with Crippen molar-refractivity contribution >= 4 is 35.1 Å². The Hall–Kier alpha value is -2.30. The van der Waals surface area contributed by atoms with Gasteiger partial charge in [-0.25, -0.2) is 4.98 Å². The summed E-state index contributed by atoms with van der Waals surface area (Å²) in [4.78, 5) is 4.65. The van der Waals surface area contributed by atoms with Crippen LogP contribution in [-0.4, -0.2) is 19.2 Å². The molecule has 2 aromatic carbocycles. The molecule has 0 atom stereocenters. The van der Waals surface area contributed by atoms with Crippen LogP contribution >= 0.6 is 22.9 Å². The SMILES string of the molecule is COc1ccc(-c2csc(C=Cc3ccc(Cl)cc3)n2)cc1OC. The topological polar surface area (TPSA) is 31.4 Å². The van der Waals surface area contributed by atoms with Gasteiger partial charge in [-0.2, -0.15) is 0 Å². The summed E-state index contributed by atoms with van der Waals surface area (Å²) < 4.78 is 10.6. The van der Waals surface area contributed by atoms with Crippen molar-refractivity contribution in [3.63, 3.8) is 0 Å². The van der Waals surface area contributed by atoms with Crippen molar-refractivity contribution in [3.8, 4) is 22.8 Å². The molecule has 0 N–H and O–H groups in total. The first-order valence-electron chi connectivity index (χ1n) is 7.31. The van der Waals surface area contributed by atoms with Gasteiger partial charge in [-0.05, 0) is 42.0 Å². The van der Waals surface area contributed by atoms with E-state index in [4.69, 9.17) is 21.1 Å². The summed E-state index contributed by atoms with van der Waals surface area (Å²) in [7, 11) is 3.25. The highest BCUT2D eigenvalue weighted by molar-refractivity contribution is 7.10. The Morgan fingerprint density at radius 3 is 2.42 bits per heavy atom. The summed E-state index contributed by atoms with van der Waals surface area (Å²) in [6.45, 7) is 0. The molecule has 24 heavy (non-hydrogen) atoms. The Balaban J connectivity index is 1.81. The summed E-state index contributed by atoms with van der Waals surface area (Å²) in [5, 5.41) is 3.70. The molecular weight excluding hydrogens is 342 g/mol. The van der Waals surface area contributed by atoms with Gasteiger partial charge in [-0.3, -0.25) is 0 Å². The van der Waals surface area contributed by atoms with Crippen molar-refractivity contribution in [3.05, 3.63) is 63.4 Å². The molecule has 0 bridgehead atoms. The molecule has 0 radical (unpaired) electrons. The average molecular weight is 358 g/mol. The van der Waals surface area contributed by atoms with Gasteiger partial charge < -0.3 is 9.47 Å². The Morgan fingerprint density at radius 1 is 0.958 bits per heavy atom. The quantitative estimate of drug-likeness (QED) is 0.591. The number of rotatable bonds is 5. The Bertz CT molecular complexity index is 856. The monoisotopic (exact) mass is 357 g/mol. The van der Waals surface area contributed by atoms with Gasteiger partial charge in [0.1, 0.15) is 5.01 Å². The van der Waals surface area contributed by atoms with Crippen LogP contribution in [0.25, 0.3) is 23.4 Å². The minimum atomic E-state index is 0.696. The summed E-state index contributed by atoms with van der Waals surface area (Å²) >= 11 is 7.49. The van der Waals surface area contributed by atoms with E-state index in [-0.39, 0.29) is 0 Å². The lowest BCUT2D eigenvalue weighted by Gasteiger charge is -2.08. The lowest BCUT2D eigenvalue weighted by Crippen LogP contribution is -1.90. The number of ether oxygens (including phenoxy) is 2. The van der Waals surface area contributed by atoms with Crippen molar-refractivity contribution in [2.24, 2.45) is 0 Å². The van der Waals surface area contributed by atoms with Gasteiger partial charge in [0.05, 0.1) is 19.9 Å². The third-order valence-electron chi connectivity index (χ3n) is 3.49. The van der Waals surface area contributed by atoms with E-state index in [1.165, 1.54) is 0 Å². The highest BCUT2D eigenvalue weighted by atomic mass is 35.5. The molecule has 1 heterocycles. The summed E-state index contributed by atoms with van der Waals surface area (Å²) in [6.07, 6.45) is 4.02. The number of thiazole rings is 1. The van der Waals surface area contributed by atoms with Gasteiger partial charge >= 0.3 is 0 Å². The van der Waals surface area contributed by atoms with Crippen LogP contribution < -0.4 is 9.47 Å². The molecule has 3 nitrogen and oxygen atoms in total. The molecule has 0 fully saturated rings. The Kier molecular flexibility index (Phi) is 5.18. The van der Waals surface area contributed by atoms with Crippen molar-refractivity contribution in [2.75, 3.05) is 14.2 Å². The van der Waals surface area contributed by atoms with E-state index in [0.29, 0.717) is 11.5 Å². The summed E-state index contributed by atoms with van der Waals surface area (Å²) in [5.74, 6) is 1.40. The average Bonchev–Trinajstić information content (AvgIpc) is 3.09. The largest absolute Gasteiger partial charge is 0.493 e. The molecule has 0 saturated carbocycles. The van der Waals surface area contributed by atoms with E-state index < -0.39 is 0 Å². The van der Waals surface area contributed by atoms with Gasteiger partial charge in [-0.1, -0.05) is 29.8 Å². The number of hydrogen-bond donors (Lipinski definition) is 0. The standard InChI is InChI=1S/C19H16ClNO2S/c1-22-17-9-6-14(11-18(17)23-2)16-12-24-19(21-16)10-5-13-3-7-15(20)8-4-13/h3-12H,1-2H3. The van der Waals surface area contributed by atoms with Crippen LogP contribution in [0.3, 0.4) is 0 Å². The molecule has 3 aromatic rings. The zero-order valence-corrected chi connectivity index (χ0v) is 14.9. The first-order valence-corrected chi connectivity index (χ1v) is 8.57. The molecule has 0 aliphatic rings.